The molecule has 0 saturated heterocycles. The van der Waals surface area contributed by atoms with Crippen LogP contribution in [0.1, 0.15) is 11.4 Å². The molecule has 0 radical (unpaired) electrons. The molecular formula is C13H18N6O. The second-order valence-electron chi connectivity index (χ2n) is 4.65. The van der Waals surface area contributed by atoms with Crippen molar-refractivity contribution in [3.05, 3.63) is 42.0 Å². The van der Waals surface area contributed by atoms with Crippen molar-refractivity contribution in [2.75, 3.05) is 12.3 Å². The van der Waals surface area contributed by atoms with E-state index in [-0.39, 0.29) is 12.5 Å². The first kappa shape index (κ1) is 14.0. The van der Waals surface area contributed by atoms with E-state index in [9.17, 15) is 4.79 Å². The van der Waals surface area contributed by atoms with Crippen molar-refractivity contribution in [2.45, 2.75) is 13.1 Å². The van der Waals surface area contributed by atoms with Gasteiger partial charge >= 0.3 is 0 Å². The van der Waals surface area contributed by atoms with Crippen LogP contribution in [0.15, 0.2) is 30.6 Å². The molecule has 2 aromatic rings. The largest absolute Gasteiger partial charge is 0.399 e. The fraction of sp³-hybridized carbons (Fsp3) is 0.308. The Bertz CT molecular complexity index is 577. The summed E-state index contributed by atoms with van der Waals surface area (Å²) in [4.78, 5) is 17.3. The molecule has 0 aliphatic heterocycles. The SMILES string of the molecule is Cn1ncnc1CN(CC(N)=O)Cc1ccc(N)cc1. The molecule has 1 heterocycles. The van der Waals surface area contributed by atoms with E-state index in [2.05, 4.69) is 10.1 Å². The Morgan fingerprint density at radius 1 is 1.30 bits per heavy atom. The number of rotatable bonds is 6. The summed E-state index contributed by atoms with van der Waals surface area (Å²) in [5, 5.41) is 4.01. The highest BCUT2D eigenvalue weighted by atomic mass is 16.1. The average molecular weight is 274 g/mol. The van der Waals surface area contributed by atoms with Gasteiger partial charge in [0.2, 0.25) is 5.91 Å². The normalized spacial score (nSPS) is 10.9. The van der Waals surface area contributed by atoms with Gasteiger partial charge < -0.3 is 11.5 Å². The number of amides is 1. The van der Waals surface area contributed by atoms with Crippen LogP contribution in [0.2, 0.25) is 0 Å². The van der Waals surface area contributed by atoms with E-state index in [1.165, 1.54) is 6.33 Å². The molecule has 0 aliphatic carbocycles. The van der Waals surface area contributed by atoms with Crippen LogP contribution in [-0.2, 0) is 24.9 Å². The fourth-order valence-corrected chi connectivity index (χ4v) is 1.93. The number of benzene rings is 1. The Morgan fingerprint density at radius 3 is 2.55 bits per heavy atom. The van der Waals surface area contributed by atoms with Gasteiger partial charge in [-0.2, -0.15) is 5.10 Å². The van der Waals surface area contributed by atoms with Crippen LogP contribution in [0.4, 0.5) is 5.69 Å². The van der Waals surface area contributed by atoms with Gasteiger partial charge in [0.05, 0.1) is 13.1 Å². The molecule has 7 heteroatoms. The van der Waals surface area contributed by atoms with Crippen LogP contribution >= 0.6 is 0 Å². The van der Waals surface area contributed by atoms with Gasteiger partial charge in [0.25, 0.3) is 0 Å². The minimum atomic E-state index is -0.373. The summed E-state index contributed by atoms with van der Waals surface area (Å²) in [6.45, 7) is 1.26. The highest BCUT2D eigenvalue weighted by molar-refractivity contribution is 5.75. The summed E-state index contributed by atoms with van der Waals surface area (Å²) in [5.74, 6) is 0.407. The summed E-state index contributed by atoms with van der Waals surface area (Å²) >= 11 is 0. The third kappa shape index (κ3) is 3.79. The van der Waals surface area contributed by atoms with Crippen LogP contribution in [-0.4, -0.2) is 32.1 Å². The van der Waals surface area contributed by atoms with E-state index in [0.717, 1.165) is 11.4 Å². The highest BCUT2D eigenvalue weighted by Crippen LogP contribution is 2.10. The number of aryl methyl sites for hydroxylation is 1. The summed E-state index contributed by atoms with van der Waals surface area (Å²) in [6.07, 6.45) is 1.49. The first-order valence-corrected chi connectivity index (χ1v) is 6.22. The van der Waals surface area contributed by atoms with E-state index in [0.29, 0.717) is 18.8 Å². The van der Waals surface area contributed by atoms with Crippen molar-refractivity contribution in [1.82, 2.24) is 19.7 Å². The zero-order valence-corrected chi connectivity index (χ0v) is 11.4. The second-order valence-corrected chi connectivity index (χ2v) is 4.65. The van der Waals surface area contributed by atoms with Gasteiger partial charge in [0, 0.05) is 19.3 Å². The van der Waals surface area contributed by atoms with E-state index in [1.807, 2.05) is 36.2 Å². The maximum atomic E-state index is 11.2. The molecule has 0 unspecified atom stereocenters. The number of anilines is 1. The first-order valence-electron chi connectivity index (χ1n) is 6.22. The molecule has 0 aliphatic rings. The number of aromatic nitrogens is 3. The topological polar surface area (TPSA) is 103 Å². The van der Waals surface area contributed by atoms with Crippen LogP contribution < -0.4 is 11.5 Å². The van der Waals surface area contributed by atoms with Crippen molar-refractivity contribution in [3.8, 4) is 0 Å². The molecule has 0 bridgehead atoms. The minimum absolute atomic E-state index is 0.164. The molecule has 2 rings (SSSR count). The van der Waals surface area contributed by atoms with Crippen molar-refractivity contribution in [1.29, 1.82) is 0 Å². The molecule has 1 amide bonds. The first-order chi connectivity index (χ1) is 9.54. The molecule has 0 saturated carbocycles. The van der Waals surface area contributed by atoms with Crippen molar-refractivity contribution >= 4 is 11.6 Å². The predicted octanol–water partition coefficient (Wildman–Crippen LogP) is -0.115. The molecule has 1 aromatic carbocycles. The number of carbonyl (C=O) groups is 1. The molecule has 106 valence electrons. The van der Waals surface area contributed by atoms with Gasteiger partial charge in [-0.1, -0.05) is 12.1 Å². The lowest BCUT2D eigenvalue weighted by Crippen LogP contribution is -2.33. The van der Waals surface area contributed by atoms with Crippen molar-refractivity contribution < 1.29 is 4.79 Å². The number of hydrogen-bond donors (Lipinski definition) is 2. The molecule has 0 atom stereocenters. The zero-order chi connectivity index (χ0) is 14.5. The van der Waals surface area contributed by atoms with E-state index in [4.69, 9.17) is 11.5 Å². The van der Waals surface area contributed by atoms with Gasteiger partial charge in [-0.15, -0.1) is 0 Å². The molecule has 1 aromatic heterocycles. The highest BCUT2D eigenvalue weighted by Gasteiger charge is 2.12. The van der Waals surface area contributed by atoms with Gasteiger partial charge in [-0.25, -0.2) is 4.98 Å². The fourth-order valence-electron chi connectivity index (χ4n) is 1.93. The Kier molecular flexibility index (Phi) is 4.31. The van der Waals surface area contributed by atoms with E-state index < -0.39 is 0 Å². The summed E-state index contributed by atoms with van der Waals surface area (Å²) in [7, 11) is 1.81. The molecule has 20 heavy (non-hydrogen) atoms. The Balaban J connectivity index is 2.09. The minimum Gasteiger partial charge on any atom is -0.399 e. The number of primary amides is 1. The van der Waals surface area contributed by atoms with Crippen LogP contribution in [0.25, 0.3) is 0 Å². The second kappa shape index (κ2) is 6.16. The van der Waals surface area contributed by atoms with E-state index >= 15 is 0 Å². The third-order valence-electron chi connectivity index (χ3n) is 2.94. The maximum Gasteiger partial charge on any atom is 0.231 e. The van der Waals surface area contributed by atoms with Gasteiger partial charge in [0.15, 0.2) is 0 Å². The summed E-state index contributed by atoms with van der Waals surface area (Å²) in [5.41, 5.74) is 12.7. The predicted molar refractivity (Wildman–Crippen MR) is 75.2 cm³/mol. The lowest BCUT2D eigenvalue weighted by Gasteiger charge is -2.20. The number of hydrogen-bond acceptors (Lipinski definition) is 5. The van der Waals surface area contributed by atoms with Crippen LogP contribution in [0, 0.1) is 0 Å². The van der Waals surface area contributed by atoms with Gasteiger partial charge in [-0.05, 0) is 17.7 Å². The molecule has 0 spiro atoms. The Morgan fingerprint density at radius 2 is 2.00 bits per heavy atom. The summed E-state index contributed by atoms with van der Waals surface area (Å²) < 4.78 is 1.68. The number of carbonyl (C=O) groups excluding carboxylic acids is 1. The number of nitrogens with two attached hydrogens (primary N) is 2. The average Bonchev–Trinajstić information content (AvgIpc) is 2.77. The lowest BCUT2D eigenvalue weighted by atomic mass is 10.2. The molecule has 0 fully saturated rings. The smallest absolute Gasteiger partial charge is 0.231 e. The molecule has 4 N–H and O–H groups in total. The van der Waals surface area contributed by atoms with E-state index in [1.54, 1.807) is 4.68 Å². The zero-order valence-electron chi connectivity index (χ0n) is 11.4. The Labute approximate surface area is 117 Å². The Hall–Kier alpha value is -2.41. The monoisotopic (exact) mass is 274 g/mol. The number of nitrogens with zero attached hydrogens (tertiary/aromatic N) is 4. The lowest BCUT2D eigenvalue weighted by molar-refractivity contribution is -0.119. The third-order valence-corrected chi connectivity index (χ3v) is 2.94. The van der Waals surface area contributed by atoms with Crippen molar-refractivity contribution in [2.24, 2.45) is 12.8 Å². The standard InChI is InChI=1S/C13H18N6O/c1-18-13(16-9-17-18)8-19(7-12(15)20)6-10-2-4-11(14)5-3-10/h2-5,9H,6-8,14H2,1H3,(H2,15,20). The molecule has 7 nitrogen and oxygen atoms in total. The maximum absolute atomic E-state index is 11.2. The van der Waals surface area contributed by atoms with Crippen LogP contribution in [0.5, 0.6) is 0 Å². The van der Waals surface area contributed by atoms with Crippen LogP contribution in [0.3, 0.4) is 0 Å². The van der Waals surface area contributed by atoms with Gasteiger partial charge in [0.1, 0.15) is 12.2 Å². The molecular weight excluding hydrogens is 256 g/mol. The van der Waals surface area contributed by atoms with Gasteiger partial charge in [-0.3, -0.25) is 14.4 Å². The van der Waals surface area contributed by atoms with Crippen molar-refractivity contribution in [3.63, 3.8) is 0 Å². The number of nitrogen functional groups attached to an aromatic ring is 1. The summed E-state index contributed by atoms with van der Waals surface area (Å²) in [6, 6.07) is 7.53. The quantitative estimate of drug-likeness (QED) is 0.715.